The molecule has 0 bridgehead atoms. The molecule has 2 unspecified atom stereocenters. The first-order chi connectivity index (χ1) is 10.4. The second-order valence-corrected chi connectivity index (χ2v) is 5.17. The number of ether oxygens (including phenoxy) is 3. The smallest absolute Gasteiger partial charge is 0.350 e. The van der Waals surface area contributed by atoms with E-state index in [4.69, 9.17) is 19.3 Å². The fraction of sp³-hybridized carbons (Fsp3) is 0.667. The summed E-state index contributed by atoms with van der Waals surface area (Å²) in [5, 5.41) is 8.73. The lowest BCUT2D eigenvalue weighted by molar-refractivity contribution is -0.182. The van der Waals surface area contributed by atoms with Gasteiger partial charge < -0.3 is 19.3 Å². The fourth-order valence-electron chi connectivity index (χ4n) is 2.10. The first-order valence-corrected chi connectivity index (χ1v) is 7.29. The van der Waals surface area contributed by atoms with Crippen LogP contribution in [-0.4, -0.2) is 47.9 Å². The molecule has 0 amide bonds. The van der Waals surface area contributed by atoms with Crippen molar-refractivity contribution in [3.63, 3.8) is 0 Å². The second-order valence-electron chi connectivity index (χ2n) is 5.17. The van der Waals surface area contributed by atoms with Crippen LogP contribution in [0, 0.1) is 0 Å². The average molecular weight is 314 g/mol. The van der Waals surface area contributed by atoms with Crippen molar-refractivity contribution in [3.05, 3.63) is 12.7 Å². The first kappa shape index (κ1) is 18.2. The van der Waals surface area contributed by atoms with Crippen LogP contribution in [0.1, 0.15) is 39.0 Å². The van der Waals surface area contributed by atoms with Crippen molar-refractivity contribution in [2.45, 2.75) is 50.7 Å². The van der Waals surface area contributed by atoms with E-state index in [2.05, 4.69) is 6.58 Å². The summed E-state index contributed by atoms with van der Waals surface area (Å²) in [6.07, 6.45) is 1.89. The Morgan fingerprint density at radius 3 is 2.59 bits per heavy atom. The molecule has 124 valence electrons. The van der Waals surface area contributed by atoms with Crippen molar-refractivity contribution in [3.8, 4) is 0 Å². The van der Waals surface area contributed by atoms with E-state index in [0.29, 0.717) is 13.0 Å². The van der Waals surface area contributed by atoms with Crippen LogP contribution >= 0.6 is 0 Å². The van der Waals surface area contributed by atoms with Gasteiger partial charge in [0.05, 0.1) is 6.61 Å². The summed E-state index contributed by atoms with van der Waals surface area (Å²) in [7, 11) is 0. The summed E-state index contributed by atoms with van der Waals surface area (Å²) in [6.45, 7) is 5.80. The topological polar surface area (TPSA) is 102 Å². The fourth-order valence-corrected chi connectivity index (χ4v) is 2.10. The molecule has 7 heteroatoms. The Bertz CT molecular complexity index is 428. The highest BCUT2D eigenvalue weighted by Gasteiger charge is 2.43. The van der Waals surface area contributed by atoms with Gasteiger partial charge in [0.2, 0.25) is 5.60 Å². The molecule has 0 aliphatic carbocycles. The van der Waals surface area contributed by atoms with Gasteiger partial charge in [-0.05, 0) is 19.3 Å². The summed E-state index contributed by atoms with van der Waals surface area (Å²) in [4.78, 5) is 34.6. The molecular formula is C15H22O7. The maximum atomic E-state index is 12.4. The van der Waals surface area contributed by atoms with Gasteiger partial charge in [0.25, 0.3) is 0 Å². The predicted octanol–water partition coefficient (Wildman–Crippen LogP) is 1.45. The number of carbonyl (C=O) groups is 3. The molecule has 1 aliphatic rings. The zero-order valence-corrected chi connectivity index (χ0v) is 12.7. The molecule has 1 heterocycles. The minimum Gasteiger partial charge on any atom is -0.481 e. The summed E-state index contributed by atoms with van der Waals surface area (Å²) in [5.41, 5.74) is -1.47. The van der Waals surface area contributed by atoms with E-state index in [9.17, 15) is 14.4 Å². The molecule has 1 rings (SSSR count). The third-order valence-corrected chi connectivity index (χ3v) is 3.26. The van der Waals surface area contributed by atoms with E-state index in [1.165, 1.54) is 0 Å². The molecule has 1 fully saturated rings. The van der Waals surface area contributed by atoms with Crippen molar-refractivity contribution >= 4 is 17.9 Å². The highest BCUT2D eigenvalue weighted by Crippen LogP contribution is 2.28. The van der Waals surface area contributed by atoms with Gasteiger partial charge >= 0.3 is 17.9 Å². The van der Waals surface area contributed by atoms with Gasteiger partial charge in [-0.3, -0.25) is 4.79 Å². The van der Waals surface area contributed by atoms with Gasteiger partial charge in [-0.15, -0.1) is 0 Å². The number of epoxide rings is 1. The summed E-state index contributed by atoms with van der Waals surface area (Å²) in [5.74, 6) is -2.37. The van der Waals surface area contributed by atoms with Crippen LogP contribution in [0.2, 0.25) is 0 Å². The molecule has 1 aliphatic heterocycles. The number of hydrogen-bond donors (Lipinski definition) is 1. The Hall–Kier alpha value is -1.89. The Morgan fingerprint density at radius 1 is 1.41 bits per heavy atom. The molecule has 0 aromatic rings. The lowest BCUT2D eigenvalue weighted by Crippen LogP contribution is -2.45. The number of esters is 2. The molecule has 0 saturated carbocycles. The minimum absolute atomic E-state index is 0.0943. The monoisotopic (exact) mass is 314 g/mol. The number of hydrogen-bond acceptors (Lipinski definition) is 6. The van der Waals surface area contributed by atoms with Crippen molar-refractivity contribution in [2.24, 2.45) is 0 Å². The van der Waals surface area contributed by atoms with Crippen LogP contribution in [0.25, 0.3) is 0 Å². The van der Waals surface area contributed by atoms with E-state index in [-0.39, 0.29) is 38.4 Å². The minimum atomic E-state index is -1.47. The second kappa shape index (κ2) is 8.53. The van der Waals surface area contributed by atoms with Gasteiger partial charge in [0, 0.05) is 12.5 Å². The largest absolute Gasteiger partial charge is 0.481 e. The van der Waals surface area contributed by atoms with Gasteiger partial charge in [-0.25, -0.2) is 9.59 Å². The van der Waals surface area contributed by atoms with Crippen LogP contribution in [0.5, 0.6) is 0 Å². The van der Waals surface area contributed by atoms with Gasteiger partial charge in [0.15, 0.2) is 0 Å². The van der Waals surface area contributed by atoms with E-state index in [1.807, 2.05) is 6.92 Å². The molecule has 22 heavy (non-hydrogen) atoms. The molecule has 0 radical (unpaired) electrons. The Morgan fingerprint density at radius 2 is 2.09 bits per heavy atom. The number of carboxylic acids is 1. The Kier molecular flexibility index (Phi) is 7.04. The van der Waals surface area contributed by atoms with E-state index < -0.39 is 23.5 Å². The van der Waals surface area contributed by atoms with Crippen molar-refractivity contribution in [2.75, 3.05) is 13.2 Å². The number of aliphatic carboxylic acids is 1. The Labute approximate surface area is 129 Å². The number of rotatable bonds is 11. The lowest BCUT2D eigenvalue weighted by atomic mass is 9.91. The SMILES string of the molecule is C=CC(=O)OC(CCC)(CCCC(=O)O)C(=O)OCC1CO1. The number of carboxylic acid groups (broad SMARTS) is 1. The van der Waals surface area contributed by atoms with Crippen LogP contribution in [0.4, 0.5) is 0 Å². The third-order valence-electron chi connectivity index (χ3n) is 3.26. The maximum absolute atomic E-state index is 12.4. The molecule has 1 N–H and O–H groups in total. The first-order valence-electron chi connectivity index (χ1n) is 7.29. The van der Waals surface area contributed by atoms with Crippen LogP contribution in [0.3, 0.4) is 0 Å². The molecule has 0 spiro atoms. The zero-order chi connectivity index (χ0) is 16.6. The van der Waals surface area contributed by atoms with E-state index >= 15 is 0 Å². The highest BCUT2D eigenvalue weighted by molar-refractivity contribution is 5.87. The van der Waals surface area contributed by atoms with Gasteiger partial charge in [-0.1, -0.05) is 19.9 Å². The normalized spacial score (nSPS) is 18.9. The Balaban J connectivity index is 2.79. The standard InChI is InChI=1S/C15H22O7/c1-3-7-15(22-13(18)4-2,8-5-6-12(16)17)14(19)21-10-11-9-20-11/h4,11H,2-3,5-10H2,1H3,(H,16,17). The highest BCUT2D eigenvalue weighted by atomic mass is 16.6. The average Bonchev–Trinajstić information content (AvgIpc) is 3.28. The van der Waals surface area contributed by atoms with Crippen molar-refractivity contribution < 1.29 is 33.7 Å². The third kappa shape index (κ3) is 5.85. The van der Waals surface area contributed by atoms with Gasteiger partial charge in [0.1, 0.15) is 12.7 Å². The summed E-state index contributed by atoms with van der Waals surface area (Å²) < 4.78 is 15.4. The van der Waals surface area contributed by atoms with E-state index in [1.54, 1.807) is 0 Å². The molecular weight excluding hydrogens is 292 g/mol. The quantitative estimate of drug-likeness (QED) is 0.350. The maximum Gasteiger partial charge on any atom is 0.350 e. The molecule has 7 nitrogen and oxygen atoms in total. The summed E-state index contributed by atoms with van der Waals surface area (Å²) in [6, 6.07) is 0. The molecule has 2 atom stereocenters. The number of carbonyl (C=O) groups excluding carboxylic acids is 2. The van der Waals surface area contributed by atoms with Gasteiger partial charge in [-0.2, -0.15) is 0 Å². The predicted molar refractivity (Wildman–Crippen MR) is 76.1 cm³/mol. The van der Waals surface area contributed by atoms with Crippen LogP contribution < -0.4 is 0 Å². The molecule has 0 aromatic heterocycles. The van der Waals surface area contributed by atoms with E-state index in [0.717, 1.165) is 6.08 Å². The molecule has 1 saturated heterocycles. The lowest BCUT2D eigenvalue weighted by Gasteiger charge is -2.30. The molecule has 0 aromatic carbocycles. The van der Waals surface area contributed by atoms with Crippen molar-refractivity contribution in [1.82, 2.24) is 0 Å². The van der Waals surface area contributed by atoms with Crippen molar-refractivity contribution in [1.29, 1.82) is 0 Å². The zero-order valence-electron chi connectivity index (χ0n) is 12.7. The van der Waals surface area contributed by atoms with Crippen LogP contribution in [-0.2, 0) is 28.6 Å². The van der Waals surface area contributed by atoms with Crippen LogP contribution in [0.15, 0.2) is 12.7 Å². The summed E-state index contributed by atoms with van der Waals surface area (Å²) >= 11 is 0.